The second-order valence-electron chi connectivity index (χ2n) is 12.3. The highest BCUT2D eigenvalue weighted by Crippen LogP contribution is 2.43. The predicted octanol–water partition coefficient (Wildman–Crippen LogP) is 8.50. The molecule has 0 saturated carbocycles. The normalized spacial score (nSPS) is 14.3. The molecule has 11 heteroatoms. The van der Waals surface area contributed by atoms with Gasteiger partial charge in [-0.1, -0.05) is 122 Å². The van der Waals surface area contributed by atoms with Gasteiger partial charge in [-0.2, -0.15) is 0 Å². The number of aliphatic hydroxyl groups excluding tert-OH is 2. The number of ether oxygens (including phenoxy) is 2. The van der Waals surface area contributed by atoms with Gasteiger partial charge in [-0.25, -0.2) is 4.57 Å². The minimum atomic E-state index is -4.60. The standard InChI is InChI=1S/C35H67O10P/c1-3-5-7-9-11-13-14-15-16-17-19-21-23-25-27-35(39)45-33(31-44-46(40,41)43-29-32(37)28-36)30-42-34(38)26-24-22-20-18-12-10-8-6-4-2/h14-15,32-33,36-37H,3-13,16-31H2,1-2H3,(H,40,41)/b15-14+/t32-,33+/m0/s1. The Hall–Kier alpha value is -1.29. The molecule has 0 spiro atoms. The molecule has 0 rings (SSSR count). The first-order valence-corrected chi connectivity index (χ1v) is 19.6. The summed E-state index contributed by atoms with van der Waals surface area (Å²) in [6, 6.07) is 0. The Labute approximate surface area is 279 Å². The third-order valence-electron chi connectivity index (χ3n) is 7.67. The van der Waals surface area contributed by atoms with Gasteiger partial charge in [-0.3, -0.25) is 18.6 Å². The SMILES string of the molecule is CCCCCCC/C=C/CCCCCCCC(=O)O[C@H](COC(=O)CCCCCCCCCCC)COP(=O)(O)OC[C@@H](O)CO. The van der Waals surface area contributed by atoms with Gasteiger partial charge in [0.15, 0.2) is 6.10 Å². The lowest BCUT2D eigenvalue weighted by molar-refractivity contribution is -0.161. The summed E-state index contributed by atoms with van der Waals surface area (Å²) < 4.78 is 32.5. The van der Waals surface area contributed by atoms with Crippen LogP contribution in [0.5, 0.6) is 0 Å². The lowest BCUT2D eigenvalue weighted by atomic mass is 10.1. The molecule has 0 bridgehead atoms. The van der Waals surface area contributed by atoms with E-state index in [9.17, 15) is 24.2 Å². The number of phosphoric acid groups is 1. The number of esters is 2. The molecule has 0 amide bonds. The zero-order valence-corrected chi connectivity index (χ0v) is 29.9. The van der Waals surface area contributed by atoms with E-state index in [2.05, 4.69) is 30.5 Å². The molecule has 0 saturated heterocycles. The molecule has 46 heavy (non-hydrogen) atoms. The fourth-order valence-electron chi connectivity index (χ4n) is 4.81. The van der Waals surface area contributed by atoms with Crippen molar-refractivity contribution in [2.75, 3.05) is 26.4 Å². The largest absolute Gasteiger partial charge is 0.472 e. The minimum Gasteiger partial charge on any atom is -0.462 e. The molecule has 0 aliphatic carbocycles. The molecule has 0 aromatic rings. The van der Waals surface area contributed by atoms with Crippen molar-refractivity contribution in [3.05, 3.63) is 12.2 Å². The first-order valence-electron chi connectivity index (χ1n) is 18.1. The van der Waals surface area contributed by atoms with Gasteiger partial charge < -0.3 is 24.6 Å². The molecular formula is C35H67O10P. The summed E-state index contributed by atoms with van der Waals surface area (Å²) in [4.78, 5) is 34.7. The van der Waals surface area contributed by atoms with E-state index >= 15 is 0 Å². The number of hydrogen-bond donors (Lipinski definition) is 3. The summed E-state index contributed by atoms with van der Waals surface area (Å²) in [5.41, 5.74) is 0. The molecule has 0 heterocycles. The number of carbonyl (C=O) groups is 2. The average Bonchev–Trinajstić information content (AvgIpc) is 3.04. The highest BCUT2D eigenvalue weighted by molar-refractivity contribution is 7.47. The van der Waals surface area contributed by atoms with Gasteiger partial charge in [-0.05, 0) is 38.5 Å². The topological polar surface area (TPSA) is 149 Å². The summed E-state index contributed by atoms with van der Waals surface area (Å²) >= 11 is 0. The molecule has 0 aromatic heterocycles. The Morgan fingerprint density at radius 2 is 1.07 bits per heavy atom. The Morgan fingerprint density at radius 3 is 1.57 bits per heavy atom. The first kappa shape index (κ1) is 44.7. The van der Waals surface area contributed by atoms with Crippen molar-refractivity contribution in [2.45, 2.75) is 174 Å². The second kappa shape index (κ2) is 32.3. The number of rotatable bonds is 34. The van der Waals surface area contributed by atoms with Crippen LogP contribution in [0.2, 0.25) is 0 Å². The highest BCUT2D eigenvalue weighted by Gasteiger charge is 2.27. The summed E-state index contributed by atoms with van der Waals surface area (Å²) in [5, 5.41) is 18.2. The molecule has 1 unspecified atom stereocenters. The Morgan fingerprint density at radius 1 is 0.630 bits per heavy atom. The van der Waals surface area contributed by atoms with E-state index in [1.165, 1.54) is 64.2 Å². The van der Waals surface area contributed by atoms with Gasteiger partial charge in [0.1, 0.15) is 12.7 Å². The van der Waals surface area contributed by atoms with Crippen LogP contribution in [0.4, 0.5) is 0 Å². The fraction of sp³-hybridized carbons (Fsp3) is 0.886. The molecule has 0 fully saturated rings. The zero-order valence-electron chi connectivity index (χ0n) is 29.0. The first-order chi connectivity index (χ1) is 22.2. The summed E-state index contributed by atoms with van der Waals surface area (Å²) in [7, 11) is -4.60. The molecule has 10 nitrogen and oxygen atoms in total. The van der Waals surface area contributed by atoms with Crippen LogP contribution in [0.25, 0.3) is 0 Å². The van der Waals surface area contributed by atoms with E-state index in [0.29, 0.717) is 12.8 Å². The molecule has 0 radical (unpaired) electrons. The quantitative estimate of drug-likeness (QED) is 0.0262. The van der Waals surface area contributed by atoms with Gasteiger partial charge >= 0.3 is 19.8 Å². The Bertz CT molecular complexity index is 791. The average molecular weight is 679 g/mol. The Balaban J connectivity index is 4.39. The van der Waals surface area contributed by atoms with E-state index in [0.717, 1.165) is 57.8 Å². The van der Waals surface area contributed by atoms with E-state index in [-0.39, 0.29) is 19.4 Å². The van der Waals surface area contributed by atoms with E-state index < -0.39 is 51.8 Å². The van der Waals surface area contributed by atoms with Crippen molar-refractivity contribution in [2.24, 2.45) is 0 Å². The number of phosphoric ester groups is 1. The number of allylic oxidation sites excluding steroid dienone is 2. The summed E-state index contributed by atoms with van der Waals surface area (Å²) in [6.45, 7) is 2.32. The fourth-order valence-corrected chi connectivity index (χ4v) is 5.60. The van der Waals surface area contributed by atoms with Gasteiger partial charge in [0, 0.05) is 12.8 Å². The lowest BCUT2D eigenvalue weighted by Crippen LogP contribution is -2.29. The highest BCUT2D eigenvalue weighted by atomic mass is 31.2. The van der Waals surface area contributed by atoms with Crippen LogP contribution < -0.4 is 0 Å². The number of unbranched alkanes of at least 4 members (excludes halogenated alkanes) is 18. The Kier molecular flexibility index (Phi) is 31.4. The van der Waals surface area contributed by atoms with Crippen LogP contribution in [0.1, 0.15) is 162 Å². The minimum absolute atomic E-state index is 0.177. The third-order valence-corrected chi connectivity index (χ3v) is 8.62. The van der Waals surface area contributed by atoms with Crippen molar-refractivity contribution in [3.8, 4) is 0 Å². The van der Waals surface area contributed by atoms with Crippen molar-refractivity contribution < 1.29 is 47.8 Å². The van der Waals surface area contributed by atoms with Gasteiger partial charge in [-0.15, -0.1) is 0 Å². The second-order valence-corrected chi connectivity index (χ2v) is 13.7. The van der Waals surface area contributed by atoms with Crippen molar-refractivity contribution in [1.29, 1.82) is 0 Å². The number of aliphatic hydroxyl groups is 2. The van der Waals surface area contributed by atoms with Crippen LogP contribution in [0.3, 0.4) is 0 Å². The molecular weight excluding hydrogens is 611 g/mol. The van der Waals surface area contributed by atoms with Crippen molar-refractivity contribution in [3.63, 3.8) is 0 Å². The van der Waals surface area contributed by atoms with Crippen molar-refractivity contribution >= 4 is 19.8 Å². The number of hydrogen-bond acceptors (Lipinski definition) is 9. The molecule has 0 aliphatic heterocycles. The summed E-state index contributed by atoms with van der Waals surface area (Å²) in [6.07, 6.45) is 26.2. The van der Waals surface area contributed by atoms with Crippen LogP contribution in [-0.4, -0.2) is 65.7 Å². The van der Waals surface area contributed by atoms with E-state index in [1.54, 1.807) is 0 Å². The van der Waals surface area contributed by atoms with Crippen molar-refractivity contribution in [1.82, 2.24) is 0 Å². The third kappa shape index (κ3) is 31.3. The molecule has 272 valence electrons. The molecule has 3 atom stereocenters. The van der Waals surface area contributed by atoms with Crippen LogP contribution in [0, 0.1) is 0 Å². The molecule has 3 N–H and O–H groups in total. The molecule has 0 aromatic carbocycles. The zero-order chi connectivity index (χ0) is 34.1. The maximum Gasteiger partial charge on any atom is 0.472 e. The van der Waals surface area contributed by atoms with Crippen LogP contribution >= 0.6 is 7.82 Å². The van der Waals surface area contributed by atoms with Gasteiger partial charge in [0.25, 0.3) is 0 Å². The van der Waals surface area contributed by atoms with E-state index in [1.807, 2.05) is 0 Å². The summed E-state index contributed by atoms with van der Waals surface area (Å²) in [5.74, 6) is -0.935. The maximum absolute atomic E-state index is 12.5. The van der Waals surface area contributed by atoms with Gasteiger partial charge in [0.2, 0.25) is 0 Å². The van der Waals surface area contributed by atoms with Gasteiger partial charge in [0.05, 0.1) is 19.8 Å². The van der Waals surface area contributed by atoms with E-state index in [4.69, 9.17) is 19.1 Å². The predicted molar refractivity (Wildman–Crippen MR) is 182 cm³/mol. The van der Waals surface area contributed by atoms with Crippen LogP contribution in [-0.2, 0) is 32.7 Å². The number of carbonyl (C=O) groups excluding carboxylic acids is 2. The smallest absolute Gasteiger partial charge is 0.462 e. The lowest BCUT2D eigenvalue weighted by Gasteiger charge is -2.20. The monoisotopic (exact) mass is 678 g/mol. The van der Waals surface area contributed by atoms with Crippen LogP contribution in [0.15, 0.2) is 12.2 Å². The maximum atomic E-state index is 12.5. The molecule has 0 aliphatic rings.